The van der Waals surface area contributed by atoms with Crippen molar-refractivity contribution >= 4 is 6.29 Å². The fraction of sp³-hybridized carbons (Fsp3) is 0.375. The molecular weight excluding hydrogens is 252 g/mol. The van der Waals surface area contributed by atoms with Crippen LogP contribution in [0.1, 0.15) is 24.4 Å². The molecule has 1 aliphatic heterocycles. The molecule has 0 saturated carbocycles. The van der Waals surface area contributed by atoms with Gasteiger partial charge >= 0.3 is 0 Å². The van der Waals surface area contributed by atoms with Crippen LogP contribution in [0.4, 0.5) is 0 Å². The first-order chi connectivity index (χ1) is 9.74. The zero-order chi connectivity index (χ0) is 14.0. The Morgan fingerprint density at radius 2 is 2.15 bits per heavy atom. The molecule has 0 bridgehead atoms. The predicted octanol–water partition coefficient (Wildman–Crippen LogP) is 2.25. The van der Waals surface area contributed by atoms with E-state index in [0.717, 1.165) is 12.1 Å². The molecule has 0 radical (unpaired) electrons. The topological polar surface area (TPSA) is 44.1 Å². The summed E-state index contributed by atoms with van der Waals surface area (Å²) in [5.41, 5.74) is 0.858. The smallest absolute Gasteiger partial charge is 0.131 e. The molecule has 2 heterocycles. The Hall–Kier alpha value is -1.94. The van der Waals surface area contributed by atoms with Gasteiger partial charge in [-0.3, -0.25) is 0 Å². The first-order valence-electron chi connectivity index (χ1n) is 6.85. The number of hydrogen-bond donors (Lipinski definition) is 0. The second-order valence-corrected chi connectivity index (χ2v) is 5.49. The molecular formula is C16H18N2O2. The predicted molar refractivity (Wildman–Crippen MR) is 75.5 cm³/mol. The fourth-order valence-corrected chi connectivity index (χ4v) is 2.62. The lowest BCUT2D eigenvalue weighted by Gasteiger charge is -2.36. The Morgan fingerprint density at radius 3 is 2.75 bits per heavy atom. The van der Waals surface area contributed by atoms with Gasteiger partial charge in [-0.1, -0.05) is 30.3 Å². The van der Waals surface area contributed by atoms with E-state index in [4.69, 9.17) is 4.74 Å². The summed E-state index contributed by atoms with van der Waals surface area (Å²) in [5.74, 6) is 0.941. The quantitative estimate of drug-likeness (QED) is 0.783. The second kappa shape index (κ2) is 5.21. The Balaban J connectivity index is 1.85. The summed E-state index contributed by atoms with van der Waals surface area (Å²) in [5, 5.41) is 0. The highest BCUT2D eigenvalue weighted by atomic mass is 16.5. The number of ether oxygens (including phenoxy) is 1. The summed E-state index contributed by atoms with van der Waals surface area (Å²) in [6, 6.07) is 10.5. The summed E-state index contributed by atoms with van der Waals surface area (Å²) in [6.45, 7) is 3.15. The molecule has 2 aromatic rings. The average Bonchev–Trinajstić information content (AvgIpc) is 2.91. The number of hydrogen-bond acceptors (Lipinski definition) is 3. The largest absolute Gasteiger partial charge is 0.379 e. The van der Waals surface area contributed by atoms with Crippen LogP contribution in [-0.4, -0.2) is 29.1 Å². The van der Waals surface area contributed by atoms with Crippen molar-refractivity contribution in [2.24, 2.45) is 5.41 Å². The highest BCUT2D eigenvalue weighted by Gasteiger charge is 2.40. The number of carbonyl (C=O) groups is 1. The Morgan fingerprint density at radius 1 is 1.40 bits per heavy atom. The van der Waals surface area contributed by atoms with Crippen LogP contribution in [0.15, 0.2) is 42.7 Å². The third kappa shape index (κ3) is 2.27. The maximum absolute atomic E-state index is 11.3. The van der Waals surface area contributed by atoms with Gasteiger partial charge in [0.05, 0.1) is 24.7 Å². The first-order valence-corrected chi connectivity index (χ1v) is 6.85. The SMILES string of the molecule is CC(c1ccccc1)n1ccnc1CC1(C=O)COC1. The Bertz CT molecular complexity index is 588. The molecule has 0 aliphatic carbocycles. The number of aldehydes is 1. The molecule has 20 heavy (non-hydrogen) atoms. The van der Waals surface area contributed by atoms with E-state index < -0.39 is 0 Å². The highest BCUT2D eigenvalue weighted by Crippen LogP contribution is 2.30. The van der Waals surface area contributed by atoms with Crippen molar-refractivity contribution in [1.82, 2.24) is 9.55 Å². The van der Waals surface area contributed by atoms with E-state index in [0.29, 0.717) is 19.6 Å². The lowest BCUT2D eigenvalue weighted by Crippen LogP contribution is -2.46. The first kappa shape index (κ1) is 13.1. The standard InChI is InChI=1S/C16H18N2O2/c1-13(14-5-3-2-4-6-14)18-8-7-17-15(18)9-16(10-19)11-20-12-16/h2-8,10,13H,9,11-12H2,1H3. The minimum atomic E-state index is -0.375. The summed E-state index contributed by atoms with van der Waals surface area (Å²) < 4.78 is 7.33. The molecule has 0 amide bonds. The normalized spacial score (nSPS) is 18.2. The van der Waals surface area contributed by atoms with E-state index in [1.165, 1.54) is 5.56 Å². The molecule has 4 heteroatoms. The molecule has 3 rings (SSSR count). The van der Waals surface area contributed by atoms with Crippen molar-refractivity contribution < 1.29 is 9.53 Å². The lowest BCUT2D eigenvalue weighted by atomic mass is 9.84. The number of nitrogens with zero attached hydrogens (tertiary/aromatic N) is 2. The van der Waals surface area contributed by atoms with Crippen LogP contribution in [0.25, 0.3) is 0 Å². The molecule has 0 N–H and O–H groups in total. The van der Waals surface area contributed by atoms with Crippen LogP contribution < -0.4 is 0 Å². The molecule has 1 fully saturated rings. The molecule has 1 saturated heterocycles. The molecule has 4 nitrogen and oxygen atoms in total. The third-order valence-electron chi connectivity index (χ3n) is 3.99. The van der Waals surface area contributed by atoms with Gasteiger partial charge in [-0.15, -0.1) is 0 Å². The van der Waals surface area contributed by atoms with E-state index in [1.54, 1.807) is 6.20 Å². The van der Waals surface area contributed by atoms with E-state index in [1.807, 2.05) is 24.4 Å². The zero-order valence-corrected chi connectivity index (χ0v) is 11.5. The van der Waals surface area contributed by atoms with Gasteiger partial charge in [-0.05, 0) is 12.5 Å². The van der Waals surface area contributed by atoms with Gasteiger partial charge in [0.2, 0.25) is 0 Å². The fourth-order valence-electron chi connectivity index (χ4n) is 2.62. The molecule has 1 atom stereocenters. The van der Waals surface area contributed by atoms with Crippen molar-refractivity contribution in [3.8, 4) is 0 Å². The van der Waals surface area contributed by atoms with Crippen molar-refractivity contribution in [3.05, 3.63) is 54.1 Å². The number of rotatable bonds is 5. The Kier molecular flexibility index (Phi) is 3.40. The second-order valence-electron chi connectivity index (χ2n) is 5.49. The van der Waals surface area contributed by atoms with Gasteiger partial charge in [0.1, 0.15) is 12.1 Å². The van der Waals surface area contributed by atoms with Crippen molar-refractivity contribution in [2.75, 3.05) is 13.2 Å². The van der Waals surface area contributed by atoms with Crippen molar-refractivity contribution in [1.29, 1.82) is 0 Å². The minimum Gasteiger partial charge on any atom is -0.379 e. The van der Waals surface area contributed by atoms with Crippen LogP contribution in [0.3, 0.4) is 0 Å². The summed E-state index contributed by atoms with van der Waals surface area (Å²) in [6.07, 6.45) is 5.43. The van der Waals surface area contributed by atoms with Gasteiger partial charge in [-0.25, -0.2) is 4.98 Å². The number of aromatic nitrogens is 2. The van der Waals surface area contributed by atoms with Gasteiger partial charge in [0.15, 0.2) is 0 Å². The number of imidazole rings is 1. The highest BCUT2D eigenvalue weighted by molar-refractivity contribution is 5.61. The van der Waals surface area contributed by atoms with Crippen molar-refractivity contribution in [2.45, 2.75) is 19.4 Å². The molecule has 1 unspecified atom stereocenters. The van der Waals surface area contributed by atoms with Gasteiger partial charge in [0, 0.05) is 18.8 Å². The summed E-state index contributed by atoms with van der Waals surface area (Å²) >= 11 is 0. The van der Waals surface area contributed by atoms with Gasteiger partial charge in [-0.2, -0.15) is 0 Å². The van der Waals surface area contributed by atoms with Crippen LogP contribution in [-0.2, 0) is 16.0 Å². The van der Waals surface area contributed by atoms with Crippen molar-refractivity contribution in [3.63, 3.8) is 0 Å². The number of carbonyl (C=O) groups excluding carboxylic acids is 1. The summed E-state index contributed by atoms with van der Waals surface area (Å²) in [4.78, 5) is 15.7. The molecule has 1 aromatic heterocycles. The maximum Gasteiger partial charge on any atom is 0.131 e. The number of benzene rings is 1. The van der Waals surface area contributed by atoms with E-state index >= 15 is 0 Å². The summed E-state index contributed by atoms with van der Waals surface area (Å²) in [7, 11) is 0. The van der Waals surface area contributed by atoms with Crippen LogP contribution in [0, 0.1) is 5.41 Å². The minimum absolute atomic E-state index is 0.207. The van der Waals surface area contributed by atoms with E-state index in [2.05, 4.69) is 28.6 Å². The van der Waals surface area contributed by atoms with Crippen LogP contribution in [0.5, 0.6) is 0 Å². The van der Waals surface area contributed by atoms with Crippen LogP contribution >= 0.6 is 0 Å². The average molecular weight is 270 g/mol. The van der Waals surface area contributed by atoms with E-state index in [9.17, 15) is 4.79 Å². The van der Waals surface area contributed by atoms with Gasteiger partial charge in [0.25, 0.3) is 0 Å². The monoisotopic (exact) mass is 270 g/mol. The van der Waals surface area contributed by atoms with Gasteiger partial charge < -0.3 is 14.1 Å². The lowest BCUT2D eigenvalue weighted by molar-refractivity contribution is -0.146. The zero-order valence-electron chi connectivity index (χ0n) is 11.5. The third-order valence-corrected chi connectivity index (χ3v) is 3.99. The van der Waals surface area contributed by atoms with E-state index in [-0.39, 0.29) is 11.5 Å². The Labute approximate surface area is 118 Å². The molecule has 1 aliphatic rings. The molecule has 104 valence electrons. The molecule has 0 spiro atoms. The molecule has 1 aromatic carbocycles. The van der Waals surface area contributed by atoms with Crippen LogP contribution in [0.2, 0.25) is 0 Å². The maximum atomic E-state index is 11.3.